The van der Waals surface area contributed by atoms with E-state index in [9.17, 15) is 9.90 Å². The van der Waals surface area contributed by atoms with E-state index >= 15 is 0 Å². The van der Waals surface area contributed by atoms with Crippen molar-refractivity contribution in [3.05, 3.63) is 108 Å². The molecule has 8 aliphatic rings. The lowest BCUT2D eigenvalue weighted by Gasteiger charge is -2.52. The van der Waals surface area contributed by atoms with Crippen LogP contribution in [-0.4, -0.2) is 61.6 Å². The Bertz CT molecular complexity index is 2520. The predicted molar refractivity (Wildman–Crippen MR) is 238 cm³/mol. The van der Waals surface area contributed by atoms with E-state index in [4.69, 9.17) is 18.3 Å². The number of ether oxygens (including phenoxy) is 2. The van der Waals surface area contributed by atoms with Crippen LogP contribution in [0, 0.1) is 10.8 Å². The predicted octanol–water partition coefficient (Wildman–Crippen LogP) is 10.0. The number of nitrogens with zero attached hydrogens (tertiary/aromatic N) is 6. The van der Waals surface area contributed by atoms with Crippen LogP contribution >= 0.6 is 0 Å². The third-order valence-electron chi connectivity index (χ3n) is 15.3. The van der Waals surface area contributed by atoms with Crippen molar-refractivity contribution in [3.8, 4) is 22.5 Å². The lowest BCUT2D eigenvalue weighted by atomic mass is 9.64. The summed E-state index contributed by atoms with van der Waals surface area (Å²) < 4.78 is 23.9. The van der Waals surface area contributed by atoms with E-state index in [1.807, 2.05) is 24.3 Å². The zero-order chi connectivity index (χ0) is 43.2. The van der Waals surface area contributed by atoms with Gasteiger partial charge in [0, 0.05) is 33.8 Å². The van der Waals surface area contributed by atoms with Crippen LogP contribution in [0.2, 0.25) is 0 Å². The lowest BCUT2D eigenvalue weighted by molar-refractivity contribution is -0.199. The summed E-state index contributed by atoms with van der Waals surface area (Å²) in [6.07, 6.45) is 19.3. The summed E-state index contributed by atoms with van der Waals surface area (Å²) in [5.41, 5.74) is 7.27. The smallest absolute Gasteiger partial charge is 0.320 e. The molecule has 14 nitrogen and oxygen atoms in total. The largest absolute Gasteiger partial charge is 0.408 e. The van der Waals surface area contributed by atoms with Gasteiger partial charge in [-0.3, -0.25) is 9.97 Å². The maximum atomic E-state index is 11.4. The van der Waals surface area contributed by atoms with Crippen LogP contribution in [0.5, 0.6) is 0 Å². The normalized spacial score (nSPS) is 27.2. The molecule has 8 fully saturated rings. The summed E-state index contributed by atoms with van der Waals surface area (Å²) >= 11 is 0. The Morgan fingerprint density at radius 3 is 1.39 bits per heavy atom. The Balaban J connectivity index is 0.000000143. The van der Waals surface area contributed by atoms with Gasteiger partial charge in [-0.1, -0.05) is 71.6 Å². The van der Waals surface area contributed by atoms with Crippen molar-refractivity contribution in [2.45, 2.75) is 113 Å². The van der Waals surface area contributed by atoms with E-state index in [1.165, 1.54) is 24.0 Å². The molecular formula is C50H54N8O6. The maximum absolute atomic E-state index is 11.4. The number of pyridine rings is 2. The summed E-state index contributed by atoms with van der Waals surface area (Å²) in [6, 6.07) is 25.8. The van der Waals surface area contributed by atoms with Crippen LogP contribution in [0.3, 0.4) is 0 Å². The second-order valence-corrected chi connectivity index (χ2v) is 19.1. The van der Waals surface area contributed by atoms with E-state index in [0.717, 1.165) is 129 Å². The minimum Gasteiger partial charge on any atom is -0.408 e. The Labute approximate surface area is 372 Å². The minimum absolute atomic E-state index is 0.0125. The number of anilines is 4. The molecule has 0 spiro atoms. The molecule has 0 amide bonds. The van der Waals surface area contributed by atoms with E-state index < -0.39 is 0 Å². The number of aliphatic hydroxyl groups excluding tert-OH is 1. The molecule has 4 bridgehead atoms. The van der Waals surface area contributed by atoms with Crippen LogP contribution in [-0.2, 0) is 25.5 Å². The second kappa shape index (κ2) is 16.6. The number of aliphatic hydroxyl groups is 1. The second-order valence-electron chi connectivity index (χ2n) is 19.1. The highest BCUT2D eigenvalue weighted by Gasteiger charge is 2.51. The summed E-state index contributed by atoms with van der Waals surface area (Å²) in [5, 5.41) is 32.5. The van der Waals surface area contributed by atoms with Crippen molar-refractivity contribution in [2.24, 2.45) is 10.8 Å². The number of aromatic nitrogens is 6. The number of rotatable bonds is 12. The van der Waals surface area contributed by atoms with Crippen molar-refractivity contribution < 1.29 is 28.2 Å². The molecule has 0 unspecified atom stereocenters. The Hall–Kier alpha value is -5.83. The molecule has 4 aliphatic carbocycles. The number of aldehydes is 1. The van der Waals surface area contributed by atoms with E-state index in [1.54, 1.807) is 12.4 Å². The molecule has 6 aromatic rings. The fourth-order valence-corrected chi connectivity index (χ4v) is 10.2. The van der Waals surface area contributed by atoms with E-state index in [0.29, 0.717) is 37.1 Å². The summed E-state index contributed by atoms with van der Waals surface area (Å²) in [5.74, 6) is 2.29. The fraction of sp³-hybridized carbons (Fsp3) is 0.460. The maximum Gasteiger partial charge on any atom is 0.320 e. The number of nitrogens with one attached hydrogen (secondary N) is 2. The van der Waals surface area contributed by atoms with Gasteiger partial charge in [0.1, 0.15) is 6.29 Å². The number of hydrogen-bond acceptors (Lipinski definition) is 14. The SMILES string of the molecule is O=CC12CCC(c3ccc(-c4ccc(Nc5nnc(C6CCC6)o5)cn4)cc3)(CC1)OC2.OCC12CCC(c3ccc(-c4ccc(Nc5nnc(C6CCC6)o5)cn4)cc3)(CC1)OC2. The van der Waals surface area contributed by atoms with Gasteiger partial charge in [-0.15, -0.1) is 10.2 Å². The molecule has 2 aromatic carbocycles. The van der Waals surface area contributed by atoms with Crippen LogP contribution in [0.4, 0.5) is 23.4 Å². The van der Waals surface area contributed by atoms with Gasteiger partial charge in [0.2, 0.25) is 11.8 Å². The average Bonchev–Trinajstić information content (AvgIpc) is 3.99. The molecule has 14 heteroatoms. The van der Waals surface area contributed by atoms with Gasteiger partial charge in [-0.05, 0) is 112 Å². The first kappa shape index (κ1) is 40.9. The third kappa shape index (κ3) is 7.79. The minimum atomic E-state index is -0.249. The van der Waals surface area contributed by atoms with Crippen molar-refractivity contribution in [1.29, 1.82) is 0 Å². The van der Waals surface area contributed by atoms with Crippen LogP contribution < -0.4 is 10.6 Å². The first-order chi connectivity index (χ1) is 31.3. The quantitative estimate of drug-likeness (QED) is 0.0988. The van der Waals surface area contributed by atoms with E-state index in [-0.39, 0.29) is 28.6 Å². The van der Waals surface area contributed by atoms with Gasteiger partial charge in [-0.2, -0.15) is 0 Å². The first-order valence-corrected chi connectivity index (χ1v) is 23.0. The molecule has 4 aromatic heterocycles. The molecular weight excluding hydrogens is 809 g/mol. The van der Waals surface area contributed by atoms with Gasteiger partial charge in [0.25, 0.3) is 0 Å². The topological polar surface area (TPSA) is 183 Å². The standard InChI is InChI=1S/C25H28N4O3.C25H26N4O3/c2*30-15-24-10-12-25(13-11-24,31-16-24)19-6-4-17(5-7-19)21-9-8-20(14-26-21)27-23-29-28-22(32-23)18-2-1-3-18/h4-9,14,18,30H,1-3,10-13,15-16H2,(H,27,29);4-9,14-15,18H,1-3,10-13,16H2,(H,27,29). The highest BCUT2D eigenvalue weighted by atomic mass is 16.5. The summed E-state index contributed by atoms with van der Waals surface area (Å²) in [7, 11) is 0. The Morgan fingerprint density at radius 1 is 0.578 bits per heavy atom. The average molecular weight is 863 g/mol. The van der Waals surface area contributed by atoms with Gasteiger partial charge >= 0.3 is 12.0 Å². The van der Waals surface area contributed by atoms with Gasteiger partial charge in [0.05, 0.1) is 66.2 Å². The molecule has 3 N–H and O–H groups in total. The van der Waals surface area contributed by atoms with E-state index in [2.05, 4.69) is 89.5 Å². The molecule has 330 valence electrons. The summed E-state index contributed by atoms with van der Waals surface area (Å²) in [4.78, 5) is 20.7. The zero-order valence-electron chi connectivity index (χ0n) is 36.0. The van der Waals surface area contributed by atoms with Crippen molar-refractivity contribution in [1.82, 2.24) is 30.4 Å². The van der Waals surface area contributed by atoms with Crippen molar-refractivity contribution in [2.75, 3.05) is 30.5 Å². The monoisotopic (exact) mass is 862 g/mol. The molecule has 0 radical (unpaired) electrons. The summed E-state index contributed by atoms with van der Waals surface area (Å²) in [6.45, 7) is 1.42. The van der Waals surface area contributed by atoms with Crippen LogP contribution in [0.1, 0.15) is 125 Å². The Kier molecular flexibility index (Phi) is 10.6. The molecule has 4 saturated carbocycles. The van der Waals surface area contributed by atoms with Gasteiger partial charge in [0.15, 0.2) is 0 Å². The number of carbonyl (C=O) groups excluding carboxylic acids is 1. The highest BCUT2D eigenvalue weighted by Crippen LogP contribution is 2.54. The highest BCUT2D eigenvalue weighted by molar-refractivity contribution is 5.65. The van der Waals surface area contributed by atoms with Gasteiger partial charge in [-0.25, -0.2) is 0 Å². The van der Waals surface area contributed by atoms with Crippen molar-refractivity contribution in [3.63, 3.8) is 0 Å². The lowest BCUT2D eigenvalue weighted by Crippen LogP contribution is -2.50. The van der Waals surface area contributed by atoms with Crippen LogP contribution in [0.25, 0.3) is 22.5 Å². The number of fused-ring (bicyclic) bond motifs is 6. The molecule has 4 saturated heterocycles. The number of benzene rings is 2. The van der Waals surface area contributed by atoms with Gasteiger partial charge < -0.3 is 38.8 Å². The Morgan fingerprint density at radius 2 is 1.05 bits per heavy atom. The number of hydrogen-bond donors (Lipinski definition) is 3. The molecule has 14 rings (SSSR count). The number of carbonyl (C=O) groups is 1. The zero-order valence-corrected chi connectivity index (χ0v) is 36.0. The fourth-order valence-electron chi connectivity index (χ4n) is 10.2. The van der Waals surface area contributed by atoms with Crippen molar-refractivity contribution >= 4 is 29.7 Å². The first-order valence-electron chi connectivity index (χ1n) is 23.0. The molecule has 8 heterocycles. The van der Waals surface area contributed by atoms with Crippen LogP contribution in [0.15, 0.2) is 94.0 Å². The molecule has 0 atom stereocenters. The third-order valence-corrected chi connectivity index (χ3v) is 15.3. The molecule has 64 heavy (non-hydrogen) atoms. The molecule has 4 aliphatic heterocycles.